The lowest BCUT2D eigenvalue weighted by Crippen LogP contribution is -2.40. The topological polar surface area (TPSA) is 46.3 Å². The van der Waals surface area contributed by atoms with Gasteiger partial charge in [-0.1, -0.05) is 18.6 Å². The SMILES string of the molecule is NC1CCCC1C(=O)N(Cc1cccs1)Cc1cccs1. The second kappa shape index (κ2) is 6.73. The van der Waals surface area contributed by atoms with E-state index in [9.17, 15) is 4.79 Å². The van der Waals surface area contributed by atoms with Crippen molar-refractivity contribution in [1.82, 2.24) is 4.90 Å². The van der Waals surface area contributed by atoms with Crippen LogP contribution < -0.4 is 5.73 Å². The molecular formula is C16H20N2OS2. The Labute approximate surface area is 133 Å². The normalized spacial score (nSPS) is 21.6. The molecule has 5 heteroatoms. The van der Waals surface area contributed by atoms with Crippen LogP contribution in [0.25, 0.3) is 0 Å². The Kier molecular flexibility index (Phi) is 4.73. The lowest BCUT2D eigenvalue weighted by Gasteiger charge is -2.26. The Bertz CT molecular complexity index is 529. The Morgan fingerprint density at radius 3 is 2.19 bits per heavy atom. The fraction of sp³-hybridized carbons (Fsp3) is 0.438. The minimum absolute atomic E-state index is 0.00456. The molecule has 2 aromatic heterocycles. The third-order valence-corrected chi connectivity index (χ3v) is 5.77. The first kappa shape index (κ1) is 14.8. The van der Waals surface area contributed by atoms with E-state index in [1.165, 1.54) is 9.75 Å². The summed E-state index contributed by atoms with van der Waals surface area (Å²) in [6.07, 6.45) is 2.98. The smallest absolute Gasteiger partial charge is 0.227 e. The van der Waals surface area contributed by atoms with Crippen LogP contribution in [-0.2, 0) is 17.9 Å². The number of carbonyl (C=O) groups is 1. The molecule has 0 aliphatic heterocycles. The maximum absolute atomic E-state index is 12.9. The van der Waals surface area contributed by atoms with Crippen molar-refractivity contribution in [3.63, 3.8) is 0 Å². The van der Waals surface area contributed by atoms with Crippen molar-refractivity contribution >= 4 is 28.6 Å². The Morgan fingerprint density at radius 1 is 1.14 bits per heavy atom. The molecule has 0 spiro atoms. The molecule has 0 bridgehead atoms. The number of nitrogens with two attached hydrogens (primary N) is 1. The molecule has 1 amide bonds. The molecule has 2 heterocycles. The van der Waals surface area contributed by atoms with Crippen molar-refractivity contribution in [1.29, 1.82) is 0 Å². The van der Waals surface area contributed by atoms with Crippen molar-refractivity contribution < 1.29 is 4.79 Å². The first-order valence-corrected chi connectivity index (χ1v) is 9.09. The first-order valence-electron chi connectivity index (χ1n) is 7.33. The van der Waals surface area contributed by atoms with Gasteiger partial charge in [-0.2, -0.15) is 0 Å². The number of carbonyl (C=O) groups excluding carboxylic acids is 1. The van der Waals surface area contributed by atoms with E-state index in [0.717, 1.165) is 19.3 Å². The van der Waals surface area contributed by atoms with Crippen LogP contribution in [0.3, 0.4) is 0 Å². The number of hydrogen-bond acceptors (Lipinski definition) is 4. The summed E-state index contributed by atoms with van der Waals surface area (Å²) < 4.78 is 0. The molecular weight excluding hydrogens is 300 g/mol. The van der Waals surface area contributed by atoms with Crippen LogP contribution in [0.4, 0.5) is 0 Å². The van der Waals surface area contributed by atoms with Crippen LogP contribution in [-0.4, -0.2) is 16.8 Å². The van der Waals surface area contributed by atoms with E-state index in [1.807, 2.05) is 17.0 Å². The molecule has 1 fully saturated rings. The molecule has 2 atom stereocenters. The summed E-state index contributed by atoms with van der Waals surface area (Å²) in [7, 11) is 0. The van der Waals surface area contributed by atoms with E-state index in [1.54, 1.807) is 22.7 Å². The van der Waals surface area contributed by atoms with Crippen LogP contribution in [0.5, 0.6) is 0 Å². The average molecular weight is 320 g/mol. The van der Waals surface area contributed by atoms with E-state index < -0.39 is 0 Å². The minimum Gasteiger partial charge on any atom is -0.332 e. The molecule has 21 heavy (non-hydrogen) atoms. The standard InChI is InChI=1S/C16H20N2OS2/c17-15-7-1-6-14(15)16(19)18(10-12-4-2-8-20-12)11-13-5-3-9-21-13/h2-5,8-9,14-15H,1,6-7,10-11,17H2. The highest BCUT2D eigenvalue weighted by molar-refractivity contribution is 7.10. The van der Waals surface area contributed by atoms with Crippen LogP contribution in [0, 0.1) is 5.92 Å². The number of thiophene rings is 2. The number of nitrogens with zero attached hydrogens (tertiary/aromatic N) is 1. The number of amides is 1. The zero-order chi connectivity index (χ0) is 14.7. The van der Waals surface area contributed by atoms with Gasteiger partial charge in [-0.05, 0) is 35.7 Å². The van der Waals surface area contributed by atoms with Gasteiger partial charge in [0.2, 0.25) is 5.91 Å². The van der Waals surface area contributed by atoms with Crippen LogP contribution in [0.1, 0.15) is 29.0 Å². The number of hydrogen-bond donors (Lipinski definition) is 1. The summed E-state index contributed by atoms with van der Waals surface area (Å²) in [6, 6.07) is 8.29. The van der Waals surface area contributed by atoms with E-state index in [2.05, 4.69) is 22.9 Å². The van der Waals surface area contributed by atoms with Gasteiger partial charge in [-0.3, -0.25) is 4.79 Å². The Hall–Kier alpha value is -1.17. The molecule has 2 unspecified atom stereocenters. The second-order valence-corrected chi connectivity index (χ2v) is 7.62. The molecule has 1 aliphatic rings. The molecule has 1 saturated carbocycles. The third kappa shape index (κ3) is 3.54. The first-order chi connectivity index (χ1) is 10.2. The van der Waals surface area contributed by atoms with E-state index in [4.69, 9.17) is 5.73 Å². The van der Waals surface area contributed by atoms with Crippen molar-refractivity contribution in [3.8, 4) is 0 Å². The highest BCUT2D eigenvalue weighted by atomic mass is 32.1. The van der Waals surface area contributed by atoms with Crippen molar-refractivity contribution in [3.05, 3.63) is 44.8 Å². The van der Waals surface area contributed by atoms with Crippen molar-refractivity contribution in [2.75, 3.05) is 0 Å². The minimum atomic E-state index is 0.00456. The van der Waals surface area contributed by atoms with E-state index in [-0.39, 0.29) is 17.9 Å². The predicted molar refractivity (Wildman–Crippen MR) is 88.2 cm³/mol. The van der Waals surface area contributed by atoms with E-state index in [0.29, 0.717) is 13.1 Å². The van der Waals surface area contributed by atoms with Gasteiger partial charge in [0.25, 0.3) is 0 Å². The molecule has 1 aliphatic carbocycles. The second-order valence-electron chi connectivity index (χ2n) is 5.55. The summed E-state index contributed by atoms with van der Waals surface area (Å²) in [6.45, 7) is 1.38. The molecule has 3 rings (SSSR count). The zero-order valence-electron chi connectivity index (χ0n) is 11.9. The van der Waals surface area contributed by atoms with Gasteiger partial charge in [0.15, 0.2) is 0 Å². The third-order valence-electron chi connectivity index (χ3n) is 4.05. The number of rotatable bonds is 5. The lowest BCUT2D eigenvalue weighted by atomic mass is 10.0. The van der Waals surface area contributed by atoms with Crippen LogP contribution in [0.2, 0.25) is 0 Å². The van der Waals surface area contributed by atoms with Crippen LogP contribution in [0.15, 0.2) is 35.0 Å². The maximum atomic E-state index is 12.9. The molecule has 0 radical (unpaired) electrons. The average Bonchev–Trinajstić information content (AvgIpc) is 3.19. The van der Waals surface area contributed by atoms with Gasteiger partial charge in [-0.15, -0.1) is 22.7 Å². The van der Waals surface area contributed by atoms with Crippen molar-refractivity contribution in [2.24, 2.45) is 11.7 Å². The highest BCUT2D eigenvalue weighted by Gasteiger charge is 2.33. The molecule has 0 aromatic carbocycles. The van der Waals surface area contributed by atoms with Gasteiger partial charge in [0.1, 0.15) is 0 Å². The monoisotopic (exact) mass is 320 g/mol. The zero-order valence-corrected chi connectivity index (χ0v) is 13.5. The summed E-state index contributed by atoms with van der Waals surface area (Å²) in [5.74, 6) is 0.228. The van der Waals surface area contributed by atoms with Gasteiger partial charge in [0, 0.05) is 15.8 Å². The molecule has 0 saturated heterocycles. The molecule has 3 nitrogen and oxygen atoms in total. The summed E-state index contributed by atoms with van der Waals surface area (Å²) in [4.78, 5) is 17.3. The fourth-order valence-corrected chi connectivity index (χ4v) is 4.36. The lowest BCUT2D eigenvalue weighted by molar-refractivity contribution is -0.136. The summed E-state index contributed by atoms with van der Waals surface area (Å²) in [5, 5.41) is 4.12. The van der Waals surface area contributed by atoms with Gasteiger partial charge in [0.05, 0.1) is 19.0 Å². The summed E-state index contributed by atoms with van der Waals surface area (Å²) in [5.41, 5.74) is 6.12. The van der Waals surface area contributed by atoms with Crippen LogP contribution >= 0.6 is 22.7 Å². The fourth-order valence-electron chi connectivity index (χ4n) is 2.92. The largest absolute Gasteiger partial charge is 0.332 e. The molecule has 2 N–H and O–H groups in total. The van der Waals surface area contributed by atoms with E-state index >= 15 is 0 Å². The Balaban J connectivity index is 1.75. The molecule has 112 valence electrons. The highest BCUT2D eigenvalue weighted by Crippen LogP contribution is 2.28. The Morgan fingerprint density at radius 2 is 1.76 bits per heavy atom. The van der Waals surface area contributed by atoms with Gasteiger partial charge >= 0.3 is 0 Å². The molecule has 2 aromatic rings. The van der Waals surface area contributed by atoms with Gasteiger partial charge < -0.3 is 10.6 Å². The maximum Gasteiger partial charge on any atom is 0.227 e. The van der Waals surface area contributed by atoms with Gasteiger partial charge in [-0.25, -0.2) is 0 Å². The summed E-state index contributed by atoms with van der Waals surface area (Å²) >= 11 is 3.41. The quantitative estimate of drug-likeness (QED) is 0.917. The predicted octanol–water partition coefficient (Wildman–Crippen LogP) is 3.47. The van der Waals surface area contributed by atoms with Crippen molar-refractivity contribution in [2.45, 2.75) is 38.4 Å².